The molecule has 2 heteroatoms. The molecule has 0 heterocycles. The van der Waals surface area contributed by atoms with E-state index in [1.165, 1.54) is 5.57 Å². The standard InChI is InChI=1S/C15H21BrO/c1-10-7-8-15(9-12(10)17)11(2)5-6-13(16)14(15,3)4/h5,7,13H,6,8-9H2,1-4H3/t13-,15+/m0/s1. The molecule has 2 aliphatic rings. The molecule has 0 amide bonds. The molecule has 0 unspecified atom stereocenters. The Bertz CT molecular complexity index is 417. The minimum atomic E-state index is 0.0238. The first-order valence-electron chi connectivity index (χ1n) is 6.32. The summed E-state index contributed by atoms with van der Waals surface area (Å²) in [4.78, 5) is 12.6. The smallest absolute Gasteiger partial charge is 0.159 e. The summed E-state index contributed by atoms with van der Waals surface area (Å²) < 4.78 is 0. The number of hydrogen-bond donors (Lipinski definition) is 0. The first kappa shape index (κ1) is 13.1. The van der Waals surface area contributed by atoms with Gasteiger partial charge in [0.15, 0.2) is 5.78 Å². The summed E-state index contributed by atoms with van der Waals surface area (Å²) in [6, 6.07) is 0. The molecule has 0 aliphatic heterocycles. The van der Waals surface area contributed by atoms with Crippen LogP contribution in [0.3, 0.4) is 0 Å². The van der Waals surface area contributed by atoms with Gasteiger partial charge < -0.3 is 0 Å². The van der Waals surface area contributed by atoms with Gasteiger partial charge in [-0.1, -0.05) is 47.5 Å². The number of alkyl halides is 1. The summed E-state index contributed by atoms with van der Waals surface area (Å²) >= 11 is 3.81. The van der Waals surface area contributed by atoms with E-state index in [1.807, 2.05) is 6.92 Å². The Morgan fingerprint density at radius 1 is 1.29 bits per heavy atom. The Hall–Kier alpha value is -0.370. The second kappa shape index (κ2) is 4.08. The Morgan fingerprint density at radius 2 is 1.94 bits per heavy atom. The summed E-state index contributed by atoms with van der Waals surface area (Å²) in [5, 5.41) is 0. The van der Waals surface area contributed by atoms with Gasteiger partial charge >= 0.3 is 0 Å². The fourth-order valence-electron chi connectivity index (χ4n) is 3.30. The van der Waals surface area contributed by atoms with Crippen LogP contribution in [0.25, 0.3) is 0 Å². The summed E-state index contributed by atoms with van der Waals surface area (Å²) in [6.45, 7) is 8.73. The Balaban J connectivity index is 2.51. The largest absolute Gasteiger partial charge is 0.295 e. The second-order valence-corrected chi connectivity index (χ2v) is 7.19. The van der Waals surface area contributed by atoms with Gasteiger partial charge in [0.2, 0.25) is 0 Å². The van der Waals surface area contributed by atoms with E-state index in [9.17, 15) is 4.79 Å². The number of Topliss-reactive ketones (excluding diaryl/α,β-unsaturated/α-hetero) is 1. The average molecular weight is 297 g/mol. The summed E-state index contributed by atoms with van der Waals surface area (Å²) in [5.41, 5.74) is 2.49. The van der Waals surface area contributed by atoms with Gasteiger partial charge in [0.1, 0.15) is 0 Å². The van der Waals surface area contributed by atoms with Gasteiger partial charge in [-0.2, -0.15) is 0 Å². The minimum absolute atomic E-state index is 0.0238. The van der Waals surface area contributed by atoms with Crippen LogP contribution in [-0.2, 0) is 4.79 Å². The molecule has 0 radical (unpaired) electrons. The van der Waals surface area contributed by atoms with Gasteiger partial charge in [0.05, 0.1) is 0 Å². The van der Waals surface area contributed by atoms with Crippen LogP contribution in [0.5, 0.6) is 0 Å². The maximum Gasteiger partial charge on any atom is 0.159 e. The van der Waals surface area contributed by atoms with E-state index < -0.39 is 0 Å². The van der Waals surface area contributed by atoms with Gasteiger partial charge in [0.25, 0.3) is 0 Å². The van der Waals surface area contributed by atoms with Crippen molar-refractivity contribution in [3.63, 3.8) is 0 Å². The molecule has 0 fully saturated rings. The van der Waals surface area contributed by atoms with Crippen LogP contribution in [-0.4, -0.2) is 10.6 Å². The van der Waals surface area contributed by atoms with Crippen molar-refractivity contribution in [3.05, 3.63) is 23.3 Å². The zero-order chi connectivity index (χ0) is 12.8. The van der Waals surface area contributed by atoms with Gasteiger partial charge in [-0.3, -0.25) is 4.79 Å². The van der Waals surface area contributed by atoms with Crippen LogP contribution in [0.15, 0.2) is 23.3 Å². The van der Waals surface area contributed by atoms with Crippen LogP contribution in [0.4, 0.5) is 0 Å². The molecule has 0 aromatic rings. The summed E-state index contributed by atoms with van der Waals surface area (Å²) in [5.74, 6) is 0.318. The van der Waals surface area contributed by atoms with E-state index in [2.05, 4.69) is 48.9 Å². The first-order valence-corrected chi connectivity index (χ1v) is 7.24. The zero-order valence-corrected chi connectivity index (χ0v) is 12.7. The topological polar surface area (TPSA) is 17.1 Å². The van der Waals surface area contributed by atoms with Crippen LogP contribution in [0.2, 0.25) is 0 Å². The molecular weight excluding hydrogens is 276 g/mol. The quantitative estimate of drug-likeness (QED) is 0.478. The molecule has 94 valence electrons. The number of carbonyl (C=O) groups is 1. The Labute approximate surface area is 112 Å². The molecule has 17 heavy (non-hydrogen) atoms. The second-order valence-electron chi connectivity index (χ2n) is 6.09. The van der Waals surface area contributed by atoms with Gasteiger partial charge in [-0.05, 0) is 37.7 Å². The number of carbonyl (C=O) groups excluding carboxylic acids is 1. The number of allylic oxidation sites excluding steroid dienone is 4. The molecule has 0 bridgehead atoms. The van der Waals surface area contributed by atoms with Crippen molar-refractivity contribution in [2.75, 3.05) is 0 Å². The third kappa shape index (κ3) is 1.76. The minimum Gasteiger partial charge on any atom is -0.295 e. The first-order chi connectivity index (χ1) is 7.81. The van der Waals surface area contributed by atoms with E-state index in [-0.39, 0.29) is 10.8 Å². The van der Waals surface area contributed by atoms with Crippen LogP contribution >= 0.6 is 15.9 Å². The van der Waals surface area contributed by atoms with Crippen molar-refractivity contribution < 1.29 is 4.79 Å². The maximum absolute atomic E-state index is 12.1. The fourth-order valence-corrected chi connectivity index (χ4v) is 3.92. The Kier molecular flexibility index (Phi) is 3.14. The lowest BCUT2D eigenvalue weighted by molar-refractivity contribution is -0.120. The summed E-state index contributed by atoms with van der Waals surface area (Å²) in [7, 11) is 0. The zero-order valence-electron chi connectivity index (χ0n) is 11.1. The monoisotopic (exact) mass is 296 g/mol. The van der Waals surface area contributed by atoms with Crippen molar-refractivity contribution in [1.82, 2.24) is 0 Å². The SMILES string of the molecule is CC1=CC[C@@]2(CC1=O)C(C)=CC[C@H](Br)C2(C)C. The molecule has 0 saturated heterocycles. The molecule has 2 aliphatic carbocycles. The molecule has 0 aromatic heterocycles. The van der Waals surface area contributed by atoms with Crippen LogP contribution in [0.1, 0.15) is 47.0 Å². The molecule has 1 nitrogen and oxygen atoms in total. The van der Waals surface area contributed by atoms with Crippen molar-refractivity contribution in [2.45, 2.75) is 51.8 Å². The van der Waals surface area contributed by atoms with Gasteiger partial charge in [-0.25, -0.2) is 0 Å². The predicted octanol–water partition coefficient (Wildman–Crippen LogP) is 4.42. The van der Waals surface area contributed by atoms with Gasteiger partial charge in [0, 0.05) is 16.7 Å². The number of ketones is 1. The maximum atomic E-state index is 12.1. The lowest BCUT2D eigenvalue weighted by Crippen LogP contribution is -2.49. The molecule has 2 rings (SSSR count). The highest BCUT2D eigenvalue weighted by atomic mass is 79.9. The van der Waals surface area contributed by atoms with Crippen molar-refractivity contribution in [3.8, 4) is 0 Å². The highest BCUT2D eigenvalue weighted by Gasteiger charge is 2.52. The van der Waals surface area contributed by atoms with E-state index in [1.54, 1.807) is 0 Å². The third-order valence-electron chi connectivity index (χ3n) is 5.06. The van der Waals surface area contributed by atoms with E-state index in [0.29, 0.717) is 17.0 Å². The predicted molar refractivity (Wildman–Crippen MR) is 75.3 cm³/mol. The van der Waals surface area contributed by atoms with Crippen molar-refractivity contribution >= 4 is 21.7 Å². The average Bonchev–Trinajstić information content (AvgIpc) is 2.27. The lowest BCUT2D eigenvalue weighted by Gasteiger charge is -2.53. The van der Waals surface area contributed by atoms with E-state index >= 15 is 0 Å². The van der Waals surface area contributed by atoms with Crippen LogP contribution in [0, 0.1) is 10.8 Å². The summed E-state index contributed by atoms with van der Waals surface area (Å²) in [6.07, 6.45) is 7.19. The molecule has 0 aromatic carbocycles. The highest BCUT2D eigenvalue weighted by Crippen LogP contribution is 2.59. The molecular formula is C15H21BrO. The van der Waals surface area contributed by atoms with Crippen molar-refractivity contribution in [1.29, 1.82) is 0 Å². The molecule has 2 atom stereocenters. The Morgan fingerprint density at radius 3 is 2.53 bits per heavy atom. The molecule has 1 spiro atoms. The van der Waals surface area contributed by atoms with Crippen LogP contribution < -0.4 is 0 Å². The molecule has 0 N–H and O–H groups in total. The molecule has 0 saturated carbocycles. The number of rotatable bonds is 0. The van der Waals surface area contributed by atoms with E-state index in [0.717, 1.165) is 18.4 Å². The lowest BCUT2D eigenvalue weighted by atomic mass is 9.52. The third-order valence-corrected chi connectivity index (χ3v) is 6.58. The number of hydrogen-bond acceptors (Lipinski definition) is 1. The normalized spacial score (nSPS) is 36.8. The number of halogens is 1. The highest BCUT2D eigenvalue weighted by molar-refractivity contribution is 9.09. The van der Waals surface area contributed by atoms with E-state index in [4.69, 9.17) is 0 Å². The van der Waals surface area contributed by atoms with Gasteiger partial charge in [-0.15, -0.1) is 0 Å². The van der Waals surface area contributed by atoms with Crippen molar-refractivity contribution in [2.24, 2.45) is 10.8 Å². The fraction of sp³-hybridized carbons (Fsp3) is 0.667.